The fourth-order valence-electron chi connectivity index (χ4n) is 2.29. The second kappa shape index (κ2) is 10.5. The predicted octanol–water partition coefficient (Wildman–Crippen LogP) is 1.97. The minimum absolute atomic E-state index is 0. The van der Waals surface area contributed by atoms with E-state index in [9.17, 15) is 4.79 Å². The van der Waals surface area contributed by atoms with Crippen LogP contribution in [0, 0.1) is 0 Å². The standard InChI is InChI=1S/C15H19N5O2S.2ClH/c16-4-3-14-19-12(10-23-14)15(21)18-11-1-2-13(17-9-11)20-5-7-22-8-6-20;;/h1-2,9-10H,3-8,16H2,(H,18,21);2*1H. The second-order valence-corrected chi connectivity index (χ2v) is 6.07. The smallest absolute Gasteiger partial charge is 0.275 e. The number of rotatable bonds is 5. The highest BCUT2D eigenvalue weighted by Gasteiger charge is 2.14. The van der Waals surface area contributed by atoms with Crippen LogP contribution in [0.3, 0.4) is 0 Å². The van der Waals surface area contributed by atoms with E-state index in [0.29, 0.717) is 24.3 Å². The third-order valence-corrected chi connectivity index (χ3v) is 4.39. The summed E-state index contributed by atoms with van der Waals surface area (Å²) in [7, 11) is 0. The number of nitrogens with two attached hydrogens (primary N) is 1. The first-order chi connectivity index (χ1) is 11.3. The van der Waals surface area contributed by atoms with Gasteiger partial charge in [-0.05, 0) is 18.7 Å². The van der Waals surface area contributed by atoms with E-state index in [2.05, 4.69) is 20.2 Å². The first-order valence-corrected chi connectivity index (χ1v) is 8.39. The Balaban J connectivity index is 0.00000156. The summed E-state index contributed by atoms with van der Waals surface area (Å²) >= 11 is 1.45. The Bertz CT molecular complexity index is 662. The molecule has 0 saturated carbocycles. The van der Waals surface area contributed by atoms with E-state index in [0.717, 1.165) is 37.1 Å². The van der Waals surface area contributed by atoms with Crippen molar-refractivity contribution in [2.75, 3.05) is 43.1 Å². The van der Waals surface area contributed by atoms with Crippen LogP contribution in [0.1, 0.15) is 15.5 Å². The molecule has 3 rings (SSSR count). The Labute approximate surface area is 162 Å². The lowest BCUT2D eigenvalue weighted by molar-refractivity contribution is 0.102. The lowest BCUT2D eigenvalue weighted by atomic mass is 10.3. The first-order valence-electron chi connectivity index (χ1n) is 7.51. The predicted molar refractivity (Wildman–Crippen MR) is 105 cm³/mol. The number of pyridine rings is 1. The third-order valence-electron chi connectivity index (χ3n) is 3.48. The van der Waals surface area contributed by atoms with Gasteiger partial charge in [-0.15, -0.1) is 36.2 Å². The molecule has 0 bridgehead atoms. The molecule has 0 atom stereocenters. The van der Waals surface area contributed by atoms with E-state index in [4.69, 9.17) is 10.5 Å². The molecule has 0 unspecified atom stereocenters. The van der Waals surface area contributed by atoms with Crippen LogP contribution in [0.25, 0.3) is 0 Å². The van der Waals surface area contributed by atoms with E-state index < -0.39 is 0 Å². The van der Waals surface area contributed by atoms with E-state index in [1.807, 2.05) is 12.1 Å². The van der Waals surface area contributed by atoms with Gasteiger partial charge in [0.05, 0.1) is 30.1 Å². The van der Waals surface area contributed by atoms with Gasteiger partial charge in [0.2, 0.25) is 0 Å². The molecule has 2 aromatic heterocycles. The minimum atomic E-state index is -0.231. The Hall–Kier alpha value is -1.45. The Kier molecular flexibility index (Phi) is 9.09. The number of nitrogens with zero attached hydrogens (tertiary/aromatic N) is 3. The molecule has 3 heterocycles. The molecule has 0 aliphatic carbocycles. The van der Waals surface area contributed by atoms with Crippen molar-refractivity contribution in [3.05, 3.63) is 34.4 Å². The zero-order chi connectivity index (χ0) is 16.1. The summed E-state index contributed by atoms with van der Waals surface area (Å²) in [6.07, 6.45) is 2.35. The van der Waals surface area contributed by atoms with E-state index >= 15 is 0 Å². The van der Waals surface area contributed by atoms with Crippen molar-refractivity contribution < 1.29 is 9.53 Å². The summed E-state index contributed by atoms with van der Waals surface area (Å²) in [5, 5.41) is 5.43. The van der Waals surface area contributed by atoms with Gasteiger partial charge in [0.15, 0.2) is 0 Å². The van der Waals surface area contributed by atoms with Crippen molar-refractivity contribution in [1.29, 1.82) is 0 Å². The third kappa shape index (κ3) is 5.79. The van der Waals surface area contributed by atoms with Crippen LogP contribution in [0.15, 0.2) is 23.7 Å². The molecule has 25 heavy (non-hydrogen) atoms. The molecule has 1 aliphatic heterocycles. The maximum absolute atomic E-state index is 12.2. The van der Waals surface area contributed by atoms with Crippen LogP contribution in [0.4, 0.5) is 11.5 Å². The van der Waals surface area contributed by atoms with Gasteiger partial charge in [0.1, 0.15) is 11.5 Å². The van der Waals surface area contributed by atoms with Crippen LogP contribution in [-0.4, -0.2) is 48.7 Å². The molecular weight excluding hydrogens is 385 g/mol. The Morgan fingerprint density at radius 2 is 2.08 bits per heavy atom. The van der Waals surface area contributed by atoms with Crippen molar-refractivity contribution in [1.82, 2.24) is 9.97 Å². The number of halogens is 2. The molecule has 7 nitrogen and oxygen atoms in total. The van der Waals surface area contributed by atoms with Crippen LogP contribution in [0.2, 0.25) is 0 Å². The lowest BCUT2D eigenvalue weighted by Gasteiger charge is -2.27. The van der Waals surface area contributed by atoms with Gasteiger partial charge in [0.25, 0.3) is 5.91 Å². The lowest BCUT2D eigenvalue weighted by Crippen LogP contribution is -2.36. The highest BCUT2D eigenvalue weighted by atomic mass is 35.5. The van der Waals surface area contributed by atoms with Gasteiger partial charge in [-0.2, -0.15) is 0 Å². The van der Waals surface area contributed by atoms with Crippen LogP contribution < -0.4 is 16.0 Å². The summed E-state index contributed by atoms with van der Waals surface area (Å²) in [4.78, 5) is 23.0. The molecule has 138 valence electrons. The number of hydrogen-bond acceptors (Lipinski definition) is 7. The van der Waals surface area contributed by atoms with Crippen LogP contribution in [-0.2, 0) is 11.2 Å². The molecule has 0 spiro atoms. The monoisotopic (exact) mass is 405 g/mol. The Morgan fingerprint density at radius 1 is 1.32 bits per heavy atom. The fourth-order valence-corrected chi connectivity index (χ4v) is 3.08. The molecule has 1 fully saturated rings. The highest BCUT2D eigenvalue weighted by molar-refractivity contribution is 7.09. The second-order valence-electron chi connectivity index (χ2n) is 5.12. The average Bonchev–Trinajstić information content (AvgIpc) is 3.06. The molecule has 3 N–H and O–H groups in total. The topological polar surface area (TPSA) is 93.4 Å². The molecule has 2 aromatic rings. The van der Waals surface area contributed by atoms with Crippen molar-refractivity contribution in [3.8, 4) is 0 Å². The molecule has 0 aromatic carbocycles. The molecule has 1 saturated heterocycles. The summed E-state index contributed by atoms with van der Waals surface area (Å²) < 4.78 is 5.33. The van der Waals surface area contributed by atoms with Crippen molar-refractivity contribution >= 4 is 53.6 Å². The summed E-state index contributed by atoms with van der Waals surface area (Å²) in [6, 6.07) is 3.75. The number of morpholine rings is 1. The SMILES string of the molecule is Cl.Cl.NCCc1nc(C(=O)Nc2ccc(N3CCOCC3)nc2)cs1. The van der Waals surface area contributed by atoms with Gasteiger partial charge >= 0.3 is 0 Å². The summed E-state index contributed by atoms with van der Waals surface area (Å²) in [6.45, 7) is 3.63. The minimum Gasteiger partial charge on any atom is -0.378 e. The quantitative estimate of drug-likeness (QED) is 0.789. The van der Waals surface area contributed by atoms with E-state index in [1.54, 1.807) is 11.6 Å². The number of amides is 1. The van der Waals surface area contributed by atoms with Gasteiger partial charge in [-0.1, -0.05) is 0 Å². The maximum Gasteiger partial charge on any atom is 0.275 e. The van der Waals surface area contributed by atoms with Crippen molar-refractivity contribution in [2.24, 2.45) is 5.73 Å². The maximum atomic E-state index is 12.2. The number of carbonyl (C=O) groups is 1. The van der Waals surface area contributed by atoms with E-state index in [1.165, 1.54) is 11.3 Å². The zero-order valence-electron chi connectivity index (χ0n) is 13.5. The molecule has 1 amide bonds. The number of anilines is 2. The molecule has 0 radical (unpaired) electrons. The van der Waals surface area contributed by atoms with Gasteiger partial charge in [-0.3, -0.25) is 4.79 Å². The summed E-state index contributed by atoms with van der Waals surface area (Å²) in [5.74, 6) is 0.663. The largest absolute Gasteiger partial charge is 0.378 e. The normalized spacial score (nSPS) is 13.6. The molecular formula is C15H21Cl2N5O2S. The molecule has 1 aliphatic rings. The van der Waals surface area contributed by atoms with Crippen molar-refractivity contribution in [3.63, 3.8) is 0 Å². The van der Waals surface area contributed by atoms with Gasteiger partial charge < -0.3 is 20.7 Å². The fraction of sp³-hybridized carbons (Fsp3) is 0.400. The first kappa shape index (κ1) is 21.6. The average molecular weight is 406 g/mol. The number of thiazole rings is 1. The van der Waals surface area contributed by atoms with Gasteiger partial charge in [-0.25, -0.2) is 9.97 Å². The number of ether oxygens (including phenoxy) is 1. The molecule has 10 heteroatoms. The van der Waals surface area contributed by atoms with Crippen LogP contribution in [0.5, 0.6) is 0 Å². The Morgan fingerprint density at radius 3 is 2.72 bits per heavy atom. The number of nitrogens with one attached hydrogen (secondary N) is 1. The van der Waals surface area contributed by atoms with Crippen LogP contribution >= 0.6 is 36.2 Å². The van der Waals surface area contributed by atoms with Crippen molar-refractivity contribution in [2.45, 2.75) is 6.42 Å². The summed E-state index contributed by atoms with van der Waals surface area (Å²) in [5.41, 5.74) is 6.56. The van der Waals surface area contributed by atoms with Gasteiger partial charge in [0, 0.05) is 24.9 Å². The number of aromatic nitrogens is 2. The zero-order valence-corrected chi connectivity index (χ0v) is 16.0. The highest BCUT2D eigenvalue weighted by Crippen LogP contribution is 2.17. The number of carbonyl (C=O) groups excluding carboxylic acids is 1. The number of hydrogen-bond donors (Lipinski definition) is 2. The van der Waals surface area contributed by atoms with E-state index in [-0.39, 0.29) is 30.7 Å².